The smallest absolute Gasteiger partial charge is 0.302 e. The molecule has 446 valence electrons. The number of allylic oxidation sites excluding steroid dienone is 5. The molecule has 4 rings (SSSR count). The number of hydrogen-bond acceptors (Lipinski definition) is 9. The minimum absolute atomic E-state index is 0.0286. The Balaban J connectivity index is 0.000000404. The molecule has 2 fully saturated rings. The van der Waals surface area contributed by atoms with Crippen LogP contribution in [0.25, 0.3) is 0 Å². The van der Waals surface area contributed by atoms with Gasteiger partial charge in [0.2, 0.25) is 0 Å². The molecule has 0 saturated heterocycles. The first-order chi connectivity index (χ1) is 36.5. The first-order valence-electron chi connectivity index (χ1n) is 31.6. The van der Waals surface area contributed by atoms with E-state index in [0.717, 1.165) is 63.2 Å². The van der Waals surface area contributed by atoms with Gasteiger partial charge in [-0.1, -0.05) is 173 Å². The molecule has 4 aliphatic rings. The van der Waals surface area contributed by atoms with E-state index in [-0.39, 0.29) is 37.6 Å². The summed E-state index contributed by atoms with van der Waals surface area (Å²) in [5.74, 6) is 4.18. The van der Waals surface area contributed by atoms with Gasteiger partial charge in [0, 0.05) is 33.1 Å². The van der Waals surface area contributed by atoms with Crippen molar-refractivity contribution in [3.8, 4) is 12.3 Å². The lowest BCUT2D eigenvalue weighted by Crippen LogP contribution is -2.55. The van der Waals surface area contributed by atoms with Crippen LogP contribution in [0.4, 0.5) is 0 Å². The second kappa shape index (κ2) is 37.5. The fraction of sp³-hybridized carbons (Fsp3) is 0.853. The number of unbranched alkanes of at least 4 members (excludes halogenated alkanes) is 18. The zero-order valence-corrected chi connectivity index (χ0v) is 51.4. The van der Waals surface area contributed by atoms with E-state index in [4.69, 9.17) is 15.9 Å². The summed E-state index contributed by atoms with van der Waals surface area (Å²) in [5.41, 5.74) is 6.41. The van der Waals surface area contributed by atoms with E-state index in [1.165, 1.54) is 161 Å². The minimum Gasteiger partial charge on any atom is -0.463 e. The third-order valence-electron chi connectivity index (χ3n) is 19.5. The van der Waals surface area contributed by atoms with Crippen molar-refractivity contribution in [2.45, 2.75) is 318 Å². The second-order valence-corrected chi connectivity index (χ2v) is 26.2. The zero-order chi connectivity index (χ0) is 57.5. The van der Waals surface area contributed by atoms with Crippen molar-refractivity contribution in [3.63, 3.8) is 0 Å². The van der Waals surface area contributed by atoms with Crippen LogP contribution in [-0.4, -0.2) is 81.2 Å². The molecule has 0 radical (unpaired) electrons. The molecular weight excluding hydrogens is 961 g/mol. The number of carbonyl (C=O) groups is 2. The lowest BCUT2D eigenvalue weighted by atomic mass is 9.43. The van der Waals surface area contributed by atoms with Crippen LogP contribution in [0.5, 0.6) is 0 Å². The predicted octanol–water partition coefficient (Wildman–Crippen LogP) is 16.2. The standard InChI is InChI=1S/C30H50O.C19H36O4.C19H34O4/c1-20(2)10-9-11-21(3)22-14-18-30(8)24-12-13-25-27(4,5)26(31)16-17-28(25,6)23(24)15-19-29(22,30)7;2*1-3-4-5-6-7-8-9-10-11-12-13-14-18(21)15-19(22)16-23-17(2)20/h10,21-22,25-26,31H,9,11-19H2,1-8H3;3,18-19,21-22H,1,4-16H2,2H3;1,18-19,21-22H,4-16H2,2H3. The highest BCUT2D eigenvalue weighted by atomic mass is 16.5. The number of aliphatic hydroxyl groups is 5. The molecule has 0 bridgehead atoms. The Kier molecular flexibility index (Phi) is 34.4. The number of terminal acetylenes is 1. The predicted molar refractivity (Wildman–Crippen MR) is 320 cm³/mol. The highest BCUT2D eigenvalue weighted by Crippen LogP contribution is 2.72. The van der Waals surface area contributed by atoms with Gasteiger partial charge in [0.1, 0.15) is 13.2 Å². The quantitative estimate of drug-likeness (QED) is 0.0181. The molecule has 9 heteroatoms. The Morgan fingerprint density at radius 3 is 1.57 bits per heavy atom. The number of fused-ring (bicyclic) bond motifs is 4. The summed E-state index contributed by atoms with van der Waals surface area (Å²) in [6.07, 6.45) is 45.7. The van der Waals surface area contributed by atoms with Crippen LogP contribution in [-0.2, 0) is 19.1 Å². The first kappa shape index (κ1) is 70.6. The van der Waals surface area contributed by atoms with Crippen LogP contribution in [0.3, 0.4) is 0 Å². The summed E-state index contributed by atoms with van der Waals surface area (Å²) in [6, 6.07) is 0. The van der Waals surface area contributed by atoms with E-state index in [2.05, 4.69) is 74.0 Å². The van der Waals surface area contributed by atoms with Gasteiger partial charge in [-0.2, -0.15) is 0 Å². The number of aliphatic hydroxyl groups excluding tert-OH is 5. The molecule has 9 nitrogen and oxygen atoms in total. The van der Waals surface area contributed by atoms with Crippen molar-refractivity contribution >= 4 is 11.9 Å². The summed E-state index contributed by atoms with van der Waals surface area (Å²) in [5, 5.41) is 49.6. The van der Waals surface area contributed by atoms with Gasteiger partial charge in [-0.15, -0.1) is 18.9 Å². The number of esters is 2. The third-order valence-corrected chi connectivity index (χ3v) is 19.5. The highest BCUT2D eigenvalue weighted by Gasteiger charge is 2.63. The van der Waals surface area contributed by atoms with Gasteiger partial charge in [0.25, 0.3) is 0 Å². The molecule has 5 N–H and O–H groups in total. The largest absolute Gasteiger partial charge is 0.463 e. The summed E-state index contributed by atoms with van der Waals surface area (Å²) in [4.78, 5) is 21.2. The second-order valence-electron chi connectivity index (χ2n) is 26.2. The number of ether oxygens (including phenoxy) is 2. The molecule has 11 atom stereocenters. The Hall–Kier alpha value is -2.48. The monoisotopic (exact) mass is 1080 g/mol. The van der Waals surface area contributed by atoms with Crippen LogP contribution in [0, 0.1) is 51.8 Å². The van der Waals surface area contributed by atoms with E-state index in [0.29, 0.717) is 35.0 Å². The van der Waals surface area contributed by atoms with E-state index in [9.17, 15) is 35.1 Å². The van der Waals surface area contributed by atoms with Gasteiger partial charge < -0.3 is 35.0 Å². The molecule has 0 aromatic carbocycles. The maximum atomic E-state index is 10.8. The summed E-state index contributed by atoms with van der Waals surface area (Å²) < 4.78 is 9.42. The van der Waals surface area contributed by atoms with Crippen molar-refractivity contribution in [2.24, 2.45) is 39.4 Å². The highest BCUT2D eigenvalue weighted by molar-refractivity contribution is 5.66. The number of rotatable bonds is 35. The average molecular weight is 1080 g/mol. The van der Waals surface area contributed by atoms with Crippen LogP contribution in [0.2, 0.25) is 0 Å². The Morgan fingerprint density at radius 1 is 0.623 bits per heavy atom. The lowest BCUT2D eigenvalue weighted by Gasteiger charge is -2.62. The first-order valence-corrected chi connectivity index (χ1v) is 31.6. The lowest BCUT2D eigenvalue weighted by molar-refractivity contribution is -0.145. The van der Waals surface area contributed by atoms with E-state index >= 15 is 0 Å². The van der Waals surface area contributed by atoms with Gasteiger partial charge in [-0.05, 0) is 150 Å². The summed E-state index contributed by atoms with van der Waals surface area (Å²) in [6.45, 7) is 25.9. The number of hydrogen-bond donors (Lipinski definition) is 5. The molecule has 0 amide bonds. The van der Waals surface area contributed by atoms with Gasteiger partial charge >= 0.3 is 11.9 Å². The van der Waals surface area contributed by atoms with E-state index < -0.39 is 36.4 Å². The molecule has 77 heavy (non-hydrogen) atoms. The van der Waals surface area contributed by atoms with Gasteiger partial charge in [-0.3, -0.25) is 9.59 Å². The molecular formula is C68H120O9. The normalized spacial score (nSPS) is 26.1. The Labute approximate surface area is 473 Å². The molecule has 11 unspecified atom stereocenters. The SMILES string of the molecule is C#CCCCCCCCCCCCC(O)CC(O)COC(C)=O.C=CCCCCCCCCCCCC(O)CC(O)COC(C)=O.CC(C)=CCCC(C)C1CCC2(C)C3=C(CCC12C)C1(C)CCC(O)C(C)(C)C1CC3. The van der Waals surface area contributed by atoms with Crippen molar-refractivity contribution in [1.82, 2.24) is 0 Å². The van der Waals surface area contributed by atoms with Crippen molar-refractivity contribution in [2.75, 3.05) is 13.2 Å². The minimum atomic E-state index is -0.775. The maximum Gasteiger partial charge on any atom is 0.302 e. The van der Waals surface area contributed by atoms with Crippen LogP contribution >= 0.6 is 0 Å². The molecule has 0 aromatic rings. The summed E-state index contributed by atoms with van der Waals surface area (Å²) in [7, 11) is 0. The fourth-order valence-electron chi connectivity index (χ4n) is 14.6. The van der Waals surface area contributed by atoms with Gasteiger partial charge in [-0.25, -0.2) is 0 Å². The molecule has 0 aromatic heterocycles. The topological polar surface area (TPSA) is 154 Å². The molecule has 0 aliphatic heterocycles. The van der Waals surface area contributed by atoms with Crippen LogP contribution in [0.1, 0.15) is 288 Å². The molecule has 4 aliphatic carbocycles. The number of carbonyl (C=O) groups excluding carboxylic acids is 2. The zero-order valence-electron chi connectivity index (χ0n) is 51.4. The molecule has 0 spiro atoms. The van der Waals surface area contributed by atoms with Crippen molar-refractivity contribution in [3.05, 3.63) is 35.5 Å². The van der Waals surface area contributed by atoms with Gasteiger partial charge in [0.15, 0.2) is 0 Å². The van der Waals surface area contributed by atoms with Crippen molar-refractivity contribution in [1.29, 1.82) is 0 Å². The van der Waals surface area contributed by atoms with E-state index in [1.54, 1.807) is 0 Å². The maximum absolute atomic E-state index is 10.8. The third kappa shape index (κ3) is 24.6. The van der Waals surface area contributed by atoms with Crippen LogP contribution < -0.4 is 0 Å². The Bertz CT molecular complexity index is 1760. The average Bonchev–Trinajstić information content (AvgIpc) is 3.69. The fourth-order valence-corrected chi connectivity index (χ4v) is 14.6. The molecule has 2 saturated carbocycles. The van der Waals surface area contributed by atoms with Gasteiger partial charge in [0.05, 0.1) is 30.5 Å². The molecule has 0 heterocycles. The van der Waals surface area contributed by atoms with E-state index in [1.807, 2.05) is 17.2 Å². The van der Waals surface area contributed by atoms with Crippen LogP contribution in [0.15, 0.2) is 35.5 Å². The van der Waals surface area contributed by atoms with Crippen molar-refractivity contribution < 1.29 is 44.6 Å². The Morgan fingerprint density at radius 2 is 1.10 bits per heavy atom. The summed E-state index contributed by atoms with van der Waals surface area (Å²) >= 11 is 0.